The van der Waals surface area contributed by atoms with Crippen LogP contribution in [0.25, 0.3) is 0 Å². The van der Waals surface area contributed by atoms with Crippen LogP contribution in [0.4, 0.5) is 27.8 Å². The van der Waals surface area contributed by atoms with Crippen molar-refractivity contribution in [1.82, 2.24) is 9.97 Å². The molecule has 3 rings (SSSR count). The van der Waals surface area contributed by atoms with Gasteiger partial charge >= 0.3 is 6.18 Å². The third-order valence-corrected chi connectivity index (χ3v) is 5.74. The Morgan fingerprint density at radius 2 is 1.91 bits per heavy atom. The molecular weight excluding hydrogens is 455 g/mol. The summed E-state index contributed by atoms with van der Waals surface area (Å²) in [7, 11) is 1.02. The second kappa shape index (κ2) is 8.54. The zero-order valence-electron chi connectivity index (χ0n) is 17.5. The summed E-state index contributed by atoms with van der Waals surface area (Å²) in [6, 6.07) is 2.79. The van der Waals surface area contributed by atoms with Gasteiger partial charge in [0.15, 0.2) is 17.2 Å². The van der Waals surface area contributed by atoms with Gasteiger partial charge in [0, 0.05) is 23.5 Å². The second-order valence-corrected chi connectivity index (χ2v) is 7.58. The Bertz CT molecular complexity index is 1100. The molecule has 1 aliphatic heterocycles. The highest BCUT2D eigenvalue weighted by molar-refractivity contribution is 5.96. The SMILES string of the molecule is COc1c([C@@H]2[C@@H](C(=O)Nc3cc(C(N)=O)ncn3)O[C@@](C)(C(F)(F)F)[C@H]2C)ccc(F)c1F. The normalized spacial score (nSPS) is 25.0. The molecule has 13 heteroatoms. The van der Waals surface area contributed by atoms with Crippen molar-refractivity contribution in [2.75, 3.05) is 12.4 Å². The van der Waals surface area contributed by atoms with Gasteiger partial charge in [0.05, 0.1) is 7.11 Å². The van der Waals surface area contributed by atoms with Crippen molar-refractivity contribution in [2.24, 2.45) is 11.7 Å². The lowest BCUT2D eigenvalue weighted by molar-refractivity contribution is -0.272. The molecular formula is C20H19F5N4O4. The maximum absolute atomic E-state index is 14.3. The molecule has 2 aromatic rings. The van der Waals surface area contributed by atoms with E-state index in [-0.39, 0.29) is 17.1 Å². The van der Waals surface area contributed by atoms with Crippen molar-refractivity contribution < 1.29 is 41.0 Å². The Kier molecular flexibility index (Phi) is 6.29. The van der Waals surface area contributed by atoms with E-state index < -0.39 is 58.9 Å². The van der Waals surface area contributed by atoms with Crippen LogP contribution in [0.2, 0.25) is 0 Å². The first-order valence-corrected chi connectivity index (χ1v) is 9.51. The third-order valence-electron chi connectivity index (χ3n) is 5.74. The maximum Gasteiger partial charge on any atom is 0.417 e. The number of nitrogens with two attached hydrogens (primary N) is 1. The standard InChI is InChI=1S/C20H19F5N4O4/c1-8-13(9-4-5-10(21)14(22)15(9)32-3)16(33-19(8,2)20(23,24)25)18(31)29-12-6-11(17(26)30)27-7-28-12/h4-8,13,16H,1-3H3,(H2,26,30)(H,27,28,29,31)/t8-,13+,16-,19+/m0/s1. The zero-order valence-corrected chi connectivity index (χ0v) is 17.5. The molecule has 1 aliphatic rings. The number of nitrogens with zero attached hydrogens (tertiary/aromatic N) is 2. The summed E-state index contributed by atoms with van der Waals surface area (Å²) in [6.07, 6.45) is -5.79. The second-order valence-electron chi connectivity index (χ2n) is 7.58. The molecule has 1 aromatic carbocycles. The highest BCUT2D eigenvalue weighted by Gasteiger charge is 2.65. The highest BCUT2D eigenvalue weighted by atomic mass is 19.4. The Morgan fingerprint density at radius 1 is 1.24 bits per heavy atom. The van der Waals surface area contributed by atoms with E-state index in [1.54, 1.807) is 0 Å². The smallest absolute Gasteiger partial charge is 0.417 e. The van der Waals surface area contributed by atoms with Crippen LogP contribution in [-0.2, 0) is 9.53 Å². The van der Waals surface area contributed by atoms with Crippen molar-refractivity contribution >= 4 is 17.6 Å². The Morgan fingerprint density at radius 3 is 2.48 bits per heavy atom. The van der Waals surface area contributed by atoms with Gasteiger partial charge in [0.2, 0.25) is 5.82 Å². The summed E-state index contributed by atoms with van der Waals surface area (Å²) in [4.78, 5) is 31.6. The minimum absolute atomic E-state index is 0.183. The summed E-state index contributed by atoms with van der Waals surface area (Å²) in [5, 5.41) is 2.25. The molecule has 4 atom stereocenters. The Hall–Kier alpha value is -3.35. The van der Waals surface area contributed by atoms with E-state index in [1.165, 1.54) is 6.92 Å². The number of aromatic nitrogens is 2. The molecule has 0 aliphatic carbocycles. The molecule has 1 fully saturated rings. The number of anilines is 1. The number of primary amides is 1. The van der Waals surface area contributed by atoms with Gasteiger partial charge in [-0.15, -0.1) is 0 Å². The fraction of sp³-hybridized carbons (Fsp3) is 0.400. The molecule has 2 heterocycles. The number of halogens is 5. The van der Waals surface area contributed by atoms with E-state index in [0.29, 0.717) is 0 Å². The predicted molar refractivity (Wildman–Crippen MR) is 103 cm³/mol. The minimum atomic E-state index is -4.90. The molecule has 33 heavy (non-hydrogen) atoms. The highest BCUT2D eigenvalue weighted by Crippen LogP contribution is 2.54. The fourth-order valence-electron chi connectivity index (χ4n) is 3.80. The number of methoxy groups -OCH3 is 1. The fourth-order valence-corrected chi connectivity index (χ4v) is 3.80. The van der Waals surface area contributed by atoms with E-state index in [1.807, 2.05) is 0 Å². The van der Waals surface area contributed by atoms with Crippen LogP contribution in [0.15, 0.2) is 24.5 Å². The van der Waals surface area contributed by atoms with Crippen LogP contribution in [0.3, 0.4) is 0 Å². The number of hydrogen-bond donors (Lipinski definition) is 2. The van der Waals surface area contributed by atoms with Gasteiger partial charge in [-0.05, 0) is 13.0 Å². The molecule has 178 valence electrons. The summed E-state index contributed by atoms with van der Waals surface area (Å²) < 4.78 is 80.0. The van der Waals surface area contributed by atoms with Crippen molar-refractivity contribution in [3.8, 4) is 5.75 Å². The number of nitrogens with one attached hydrogen (secondary N) is 1. The van der Waals surface area contributed by atoms with Gasteiger partial charge in [0.25, 0.3) is 11.8 Å². The van der Waals surface area contributed by atoms with Crippen LogP contribution in [0, 0.1) is 17.6 Å². The maximum atomic E-state index is 14.3. The van der Waals surface area contributed by atoms with E-state index in [4.69, 9.17) is 15.2 Å². The quantitative estimate of drug-likeness (QED) is 0.644. The van der Waals surface area contributed by atoms with Crippen molar-refractivity contribution in [2.45, 2.75) is 37.6 Å². The number of carbonyl (C=O) groups is 2. The molecule has 0 radical (unpaired) electrons. The summed E-state index contributed by atoms with van der Waals surface area (Å²) >= 11 is 0. The van der Waals surface area contributed by atoms with Gasteiger partial charge in [-0.25, -0.2) is 14.4 Å². The molecule has 1 saturated heterocycles. The molecule has 0 unspecified atom stereocenters. The van der Waals surface area contributed by atoms with E-state index >= 15 is 0 Å². The summed E-state index contributed by atoms with van der Waals surface area (Å²) in [5.41, 5.74) is 1.88. The Labute approximate surface area is 184 Å². The van der Waals surface area contributed by atoms with Gasteiger partial charge in [-0.3, -0.25) is 9.59 Å². The van der Waals surface area contributed by atoms with E-state index in [0.717, 1.165) is 38.6 Å². The van der Waals surface area contributed by atoms with E-state index in [2.05, 4.69) is 15.3 Å². The molecule has 3 N–H and O–H groups in total. The monoisotopic (exact) mass is 474 g/mol. The van der Waals surface area contributed by atoms with Crippen molar-refractivity contribution in [3.63, 3.8) is 0 Å². The summed E-state index contributed by atoms with van der Waals surface area (Å²) in [5.74, 6) is -8.36. The largest absolute Gasteiger partial charge is 0.493 e. The number of benzene rings is 1. The molecule has 2 amide bonds. The first kappa shape index (κ1) is 24.3. The van der Waals surface area contributed by atoms with E-state index in [9.17, 15) is 31.5 Å². The lowest BCUT2D eigenvalue weighted by Gasteiger charge is -2.32. The van der Waals surface area contributed by atoms with Gasteiger partial charge in [0.1, 0.15) is 23.9 Å². The van der Waals surface area contributed by atoms with Crippen LogP contribution in [0.5, 0.6) is 5.75 Å². The zero-order chi connectivity index (χ0) is 24.7. The lowest BCUT2D eigenvalue weighted by atomic mass is 9.77. The molecule has 0 saturated carbocycles. The third kappa shape index (κ3) is 4.19. The van der Waals surface area contributed by atoms with Crippen LogP contribution in [-0.4, -0.2) is 46.8 Å². The van der Waals surface area contributed by atoms with Gasteiger partial charge in [-0.2, -0.15) is 17.6 Å². The topological polar surface area (TPSA) is 116 Å². The summed E-state index contributed by atoms with van der Waals surface area (Å²) in [6.45, 7) is 1.95. The van der Waals surface area contributed by atoms with Gasteiger partial charge < -0.3 is 20.5 Å². The first-order chi connectivity index (χ1) is 15.3. The van der Waals surface area contributed by atoms with Crippen molar-refractivity contribution in [3.05, 3.63) is 47.4 Å². The first-order valence-electron chi connectivity index (χ1n) is 9.51. The van der Waals surface area contributed by atoms with Crippen LogP contribution in [0.1, 0.15) is 35.8 Å². The molecule has 8 nitrogen and oxygen atoms in total. The average Bonchev–Trinajstić information content (AvgIpc) is 3.02. The number of rotatable bonds is 5. The molecule has 0 bridgehead atoms. The minimum Gasteiger partial charge on any atom is -0.493 e. The number of carbonyl (C=O) groups excluding carboxylic acids is 2. The van der Waals surface area contributed by atoms with Crippen molar-refractivity contribution in [1.29, 1.82) is 0 Å². The molecule has 0 spiro atoms. The van der Waals surface area contributed by atoms with Gasteiger partial charge in [-0.1, -0.05) is 13.0 Å². The van der Waals surface area contributed by atoms with Crippen LogP contribution < -0.4 is 15.8 Å². The Balaban J connectivity index is 2.07. The number of alkyl halides is 3. The van der Waals surface area contributed by atoms with Crippen LogP contribution >= 0.6 is 0 Å². The number of amides is 2. The predicted octanol–water partition coefficient (Wildman–Crippen LogP) is 2.94. The lowest BCUT2D eigenvalue weighted by Crippen LogP contribution is -2.47. The molecule has 1 aromatic heterocycles. The number of ether oxygens (including phenoxy) is 2. The number of hydrogen-bond acceptors (Lipinski definition) is 6. The average molecular weight is 474 g/mol.